The van der Waals surface area contributed by atoms with Gasteiger partial charge in [0.2, 0.25) is 11.8 Å². The van der Waals surface area contributed by atoms with Gasteiger partial charge in [0.05, 0.1) is 10.9 Å². The summed E-state index contributed by atoms with van der Waals surface area (Å²) in [4.78, 5) is 30.5. The normalized spacial score (nSPS) is 17.3. The topological polar surface area (TPSA) is 71.5 Å². The van der Waals surface area contributed by atoms with E-state index in [1.54, 1.807) is 18.2 Å². The largest absolute Gasteiger partial charge is 0.385 e. The lowest BCUT2D eigenvalue weighted by Crippen LogP contribution is -2.43. The number of thioether (sulfide) groups is 1. The molecule has 0 aromatic carbocycles. The zero-order valence-electron chi connectivity index (χ0n) is 12.9. The first-order chi connectivity index (χ1) is 10.7. The highest BCUT2D eigenvalue weighted by Crippen LogP contribution is 2.38. The summed E-state index contributed by atoms with van der Waals surface area (Å²) in [5, 5.41) is 3.21. The van der Waals surface area contributed by atoms with E-state index < -0.39 is 5.25 Å². The van der Waals surface area contributed by atoms with E-state index in [2.05, 4.69) is 10.3 Å². The minimum atomic E-state index is -0.412. The molecule has 2 amide bonds. The average Bonchev–Trinajstić information content (AvgIpc) is 2.52. The minimum absolute atomic E-state index is 0.0277. The average molecular weight is 323 g/mol. The third kappa shape index (κ3) is 3.98. The Bertz CT molecular complexity index is 539. The fraction of sp³-hybridized carbons (Fsp3) is 0.533. The third-order valence-corrected chi connectivity index (χ3v) is 4.56. The summed E-state index contributed by atoms with van der Waals surface area (Å²) in [7, 11) is 1.63. The molecule has 2 rings (SSSR count). The maximum absolute atomic E-state index is 12.5. The SMILES string of the molecule is CCN1C(=O)[C@H](CC(=O)NCCCOC)Sc2ncccc21. The Balaban J connectivity index is 1.98. The van der Waals surface area contributed by atoms with Crippen LogP contribution in [0.5, 0.6) is 0 Å². The number of carbonyl (C=O) groups excluding carboxylic acids is 2. The van der Waals surface area contributed by atoms with E-state index in [0.717, 1.165) is 17.1 Å². The van der Waals surface area contributed by atoms with E-state index >= 15 is 0 Å². The fourth-order valence-corrected chi connectivity index (χ4v) is 3.45. The van der Waals surface area contributed by atoms with Crippen molar-refractivity contribution in [3.05, 3.63) is 18.3 Å². The number of amides is 2. The first-order valence-electron chi connectivity index (χ1n) is 7.36. The molecule has 22 heavy (non-hydrogen) atoms. The Morgan fingerprint density at radius 1 is 1.55 bits per heavy atom. The highest BCUT2D eigenvalue weighted by molar-refractivity contribution is 8.00. The Labute approximate surface area is 134 Å². The van der Waals surface area contributed by atoms with E-state index in [4.69, 9.17) is 4.74 Å². The second kappa shape index (κ2) is 8.14. The van der Waals surface area contributed by atoms with Gasteiger partial charge in [-0.2, -0.15) is 0 Å². The van der Waals surface area contributed by atoms with Gasteiger partial charge in [0.1, 0.15) is 5.03 Å². The molecule has 0 saturated carbocycles. The quantitative estimate of drug-likeness (QED) is 0.769. The molecule has 0 bridgehead atoms. The summed E-state index contributed by atoms with van der Waals surface area (Å²) in [5.74, 6) is -0.141. The van der Waals surface area contributed by atoms with Crippen molar-refractivity contribution in [1.82, 2.24) is 10.3 Å². The second-order valence-corrected chi connectivity index (χ2v) is 6.11. The molecule has 6 nitrogen and oxygen atoms in total. The Kier molecular flexibility index (Phi) is 6.21. The number of nitrogens with one attached hydrogen (secondary N) is 1. The maximum Gasteiger partial charge on any atom is 0.241 e. The zero-order valence-corrected chi connectivity index (χ0v) is 13.7. The van der Waals surface area contributed by atoms with Gasteiger partial charge < -0.3 is 15.0 Å². The summed E-state index contributed by atoms with van der Waals surface area (Å²) < 4.78 is 4.93. The predicted octanol–water partition coefficient (Wildman–Crippen LogP) is 1.45. The van der Waals surface area contributed by atoms with Gasteiger partial charge in [-0.25, -0.2) is 4.98 Å². The molecule has 1 aliphatic rings. The van der Waals surface area contributed by atoms with Crippen LogP contribution in [0.25, 0.3) is 0 Å². The summed E-state index contributed by atoms with van der Waals surface area (Å²) >= 11 is 1.37. The number of methoxy groups -OCH3 is 1. The molecule has 0 fully saturated rings. The first-order valence-corrected chi connectivity index (χ1v) is 8.24. The van der Waals surface area contributed by atoms with Crippen LogP contribution in [0.1, 0.15) is 19.8 Å². The third-order valence-electron chi connectivity index (χ3n) is 3.37. The monoisotopic (exact) mass is 323 g/mol. The molecule has 0 radical (unpaired) electrons. The van der Waals surface area contributed by atoms with Crippen molar-refractivity contribution < 1.29 is 14.3 Å². The van der Waals surface area contributed by atoms with Gasteiger partial charge >= 0.3 is 0 Å². The molecule has 0 saturated heterocycles. The zero-order chi connectivity index (χ0) is 15.9. The van der Waals surface area contributed by atoms with Crippen LogP contribution < -0.4 is 10.2 Å². The van der Waals surface area contributed by atoms with Gasteiger partial charge in [-0.05, 0) is 25.5 Å². The number of ether oxygens (including phenoxy) is 1. The molecule has 0 unspecified atom stereocenters. The molecule has 1 N–H and O–H groups in total. The van der Waals surface area contributed by atoms with E-state index in [1.165, 1.54) is 11.8 Å². The number of aromatic nitrogens is 1. The van der Waals surface area contributed by atoms with Crippen molar-refractivity contribution in [3.63, 3.8) is 0 Å². The predicted molar refractivity (Wildman–Crippen MR) is 86.0 cm³/mol. The van der Waals surface area contributed by atoms with Gasteiger partial charge in [0.15, 0.2) is 0 Å². The maximum atomic E-state index is 12.5. The van der Waals surface area contributed by atoms with E-state index in [9.17, 15) is 9.59 Å². The fourth-order valence-electron chi connectivity index (χ4n) is 2.30. The summed E-state index contributed by atoms with van der Waals surface area (Å²) in [6.45, 7) is 3.67. The number of hydrogen-bond donors (Lipinski definition) is 1. The van der Waals surface area contributed by atoms with Crippen LogP contribution in [0.4, 0.5) is 5.69 Å². The number of carbonyl (C=O) groups is 2. The Morgan fingerprint density at radius 2 is 2.36 bits per heavy atom. The molecule has 1 aromatic rings. The molecule has 1 aromatic heterocycles. The van der Waals surface area contributed by atoms with Gasteiger partial charge in [0, 0.05) is 39.4 Å². The van der Waals surface area contributed by atoms with Crippen LogP contribution in [-0.4, -0.2) is 48.9 Å². The lowest BCUT2D eigenvalue weighted by molar-refractivity contribution is -0.124. The summed E-state index contributed by atoms with van der Waals surface area (Å²) in [6.07, 6.45) is 2.64. The lowest BCUT2D eigenvalue weighted by Gasteiger charge is -2.31. The standard InChI is InChI=1S/C15H21N3O3S/c1-3-18-11-6-4-7-17-14(11)22-12(15(18)20)10-13(19)16-8-5-9-21-2/h4,6-7,12H,3,5,8-10H2,1-2H3,(H,16,19)/t12-/m0/s1. The van der Waals surface area contributed by atoms with Crippen LogP contribution in [0, 0.1) is 0 Å². The molecule has 120 valence electrons. The van der Waals surface area contributed by atoms with Crippen molar-refractivity contribution in [2.75, 3.05) is 31.7 Å². The molecule has 1 aliphatic heterocycles. The highest BCUT2D eigenvalue weighted by Gasteiger charge is 2.34. The Morgan fingerprint density at radius 3 is 3.09 bits per heavy atom. The van der Waals surface area contributed by atoms with Gasteiger partial charge in [-0.1, -0.05) is 11.8 Å². The van der Waals surface area contributed by atoms with Crippen molar-refractivity contribution in [1.29, 1.82) is 0 Å². The molecule has 0 aliphatic carbocycles. The molecular weight excluding hydrogens is 302 g/mol. The minimum Gasteiger partial charge on any atom is -0.385 e. The van der Waals surface area contributed by atoms with Crippen LogP contribution in [0.15, 0.2) is 23.4 Å². The second-order valence-electron chi connectivity index (χ2n) is 4.92. The van der Waals surface area contributed by atoms with Crippen molar-refractivity contribution in [3.8, 4) is 0 Å². The summed E-state index contributed by atoms with van der Waals surface area (Å²) in [5.41, 5.74) is 0.830. The number of hydrogen-bond acceptors (Lipinski definition) is 5. The molecule has 0 spiro atoms. The van der Waals surface area contributed by atoms with Crippen LogP contribution >= 0.6 is 11.8 Å². The van der Waals surface area contributed by atoms with Crippen molar-refractivity contribution in [2.24, 2.45) is 0 Å². The van der Waals surface area contributed by atoms with Crippen molar-refractivity contribution in [2.45, 2.75) is 30.0 Å². The molecule has 7 heteroatoms. The Hall–Kier alpha value is -1.60. The smallest absolute Gasteiger partial charge is 0.241 e. The number of nitrogens with zero attached hydrogens (tertiary/aromatic N) is 2. The van der Waals surface area contributed by atoms with Crippen LogP contribution in [0.2, 0.25) is 0 Å². The van der Waals surface area contributed by atoms with Gasteiger partial charge in [-0.3, -0.25) is 9.59 Å². The number of anilines is 1. The number of fused-ring (bicyclic) bond motifs is 1. The first kappa shape index (κ1) is 16.8. The van der Waals surface area contributed by atoms with Crippen LogP contribution in [-0.2, 0) is 14.3 Å². The lowest BCUT2D eigenvalue weighted by atomic mass is 10.2. The highest BCUT2D eigenvalue weighted by atomic mass is 32.2. The summed E-state index contributed by atoms with van der Waals surface area (Å²) in [6, 6.07) is 3.70. The van der Waals surface area contributed by atoms with E-state index in [-0.39, 0.29) is 18.2 Å². The number of rotatable bonds is 7. The van der Waals surface area contributed by atoms with E-state index in [0.29, 0.717) is 19.7 Å². The van der Waals surface area contributed by atoms with Crippen molar-refractivity contribution >= 4 is 29.3 Å². The number of pyridine rings is 1. The van der Waals surface area contributed by atoms with Gasteiger partial charge in [0.25, 0.3) is 0 Å². The molecular formula is C15H21N3O3S. The molecule has 1 atom stereocenters. The van der Waals surface area contributed by atoms with Crippen LogP contribution in [0.3, 0.4) is 0 Å². The van der Waals surface area contributed by atoms with E-state index in [1.807, 2.05) is 19.1 Å². The van der Waals surface area contributed by atoms with Gasteiger partial charge in [-0.15, -0.1) is 0 Å². The molecule has 2 heterocycles.